The van der Waals surface area contributed by atoms with Crippen LogP contribution in [0.15, 0.2) is 53.7 Å². The molecule has 5 heteroatoms. The van der Waals surface area contributed by atoms with Crippen LogP contribution in [0.2, 0.25) is 0 Å². The molecule has 0 saturated heterocycles. The number of nitrogens with one attached hydrogen (secondary N) is 2. The Labute approximate surface area is 151 Å². The second kappa shape index (κ2) is 5.94. The number of benzene rings is 2. The lowest BCUT2D eigenvalue weighted by Gasteiger charge is -2.34. The summed E-state index contributed by atoms with van der Waals surface area (Å²) in [6.45, 7) is 4.11. The molecule has 26 heavy (non-hydrogen) atoms. The molecule has 0 fully saturated rings. The minimum atomic E-state index is -0.655. The summed E-state index contributed by atoms with van der Waals surface area (Å²) < 4.78 is 27.7. The van der Waals surface area contributed by atoms with E-state index in [0.29, 0.717) is 24.0 Å². The fourth-order valence-corrected chi connectivity index (χ4v) is 3.88. The van der Waals surface area contributed by atoms with Crippen LogP contribution in [0.25, 0.3) is 0 Å². The Morgan fingerprint density at radius 1 is 1.00 bits per heavy atom. The molecule has 0 radical (unpaired) electrons. The summed E-state index contributed by atoms with van der Waals surface area (Å²) in [6, 6.07) is 10.4. The number of anilines is 2. The molecule has 1 aliphatic carbocycles. The zero-order chi connectivity index (χ0) is 18.5. The van der Waals surface area contributed by atoms with E-state index in [2.05, 4.69) is 24.5 Å². The molecular weight excluding hydrogens is 334 g/mol. The molecule has 0 saturated carbocycles. The number of carbonyl (C=O) groups is 1. The third-order valence-electron chi connectivity index (χ3n) is 4.94. The van der Waals surface area contributed by atoms with Crippen molar-refractivity contribution in [1.82, 2.24) is 0 Å². The zero-order valence-corrected chi connectivity index (χ0v) is 14.7. The van der Waals surface area contributed by atoms with Gasteiger partial charge in [-0.1, -0.05) is 26.0 Å². The van der Waals surface area contributed by atoms with Crippen molar-refractivity contribution in [1.29, 1.82) is 0 Å². The smallest absolute Gasteiger partial charge is 0.163 e. The van der Waals surface area contributed by atoms with Crippen LogP contribution in [-0.4, -0.2) is 5.78 Å². The Balaban J connectivity index is 1.91. The number of ketones is 1. The third kappa shape index (κ3) is 2.98. The first-order valence-corrected chi connectivity index (χ1v) is 8.67. The Kier molecular flexibility index (Phi) is 3.83. The molecular formula is C21H20F2N2O. The number of rotatable bonds is 1. The molecule has 4 rings (SSSR count). The maximum Gasteiger partial charge on any atom is 0.163 e. The van der Waals surface area contributed by atoms with Crippen LogP contribution in [0.3, 0.4) is 0 Å². The van der Waals surface area contributed by atoms with Crippen molar-refractivity contribution in [3.05, 3.63) is 70.9 Å². The van der Waals surface area contributed by atoms with Gasteiger partial charge in [-0.15, -0.1) is 0 Å². The standard InChI is InChI=1S/C21H20F2N2O/c1-21(2)10-17-19(18(26)11-21)20(12-7-13(22)9-14(23)8-12)25-16-6-4-3-5-15(16)24-17/h3-9,20,24-25H,10-11H2,1-2H3/t20-/m0/s1. The number of hydrogen-bond acceptors (Lipinski definition) is 3. The van der Waals surface area contributed by atoms with Gasteiger partial charge < -0.3 is 10.6 Å². The first kappa shape index (κ1) is 16.8. The summed E-state index contributed by atoms with van der Waals surface area (Å²) in [5.74, 6) is -1.31. The normalized spacial score (nSPS) is 21.2. The number of allylic oxidation sites excluding steroid dienone is 1. The van der Waals surface area contributed by atoms with Gasteiger partial charge in [0.05, 0.1) is 17.4 Å². The molecule has 0 aromatic heterocycles. The minimum absolute atomic E-state index is 0.00118. The molecule has 2 aliphatic rings. The minimum Gasteiger partial charge on any atom is -0.372 e. The van der Waals surface area contributed by atoms with Crippen molar-refractivity contribution in [3.63, 3.8) is 0 Å². The molecule has 0 spiro atoms. The van der Waals surface area contributed by atoms with Crippen molar-refractivity contribution in [2.45, 2.75) is 32.7 Å². The van der Waals surface area contributed by atoms with Crippen LogP contribution >= 0.6 is 0 Å². The van der Waals surface area contributed by atoms with Gasteiger partial charge in [0.2, 0.25) is 0 Å². The van der Waals surface area contributed by atoms with Crippen molar-refractivity contribution in [3.8, 4) is 0 Å². The lowest BCUT2D eigenvalue weighted by molar-refractivity contribution is -0.118. The van der Waals surface area contributed by atoms with Crippen molar-refractivity contribution >= 4 is 17.2 Å². The summed E-state index contributed by atoms with van der Waals surface area (Å²) in [5.41, 5.74) is 3.26. The van der Waals surface area contributed by atoms with Gasteiger partial charge >= 0.3 is 0 Å². The first-order valence-electron chi connectivity index (χ1n) is 8.67. The second-order valence-corrected chi connectivity index (χ2v) is 7.78. The molecule has 1 atom stereocenters. The topological polar surface area (TPSA) is 41.1 Å². The fraction of sp³-hybridized carbons (Fsp3) is 0.286. The van der Waals surface area contributed by atoms with Gasteiger partial charge in [-0.2, -0.15) is 0 Å². The molecule has 1 aliphatic heterocycles. The Hall–Kier alpha value is -2.69. The lowest BCUT2D eigenvalue weighted by atomic mass is 9.73. The highest BCUT2D eigenvalue weighted by Crippen LogP contribution is 2.45. The van der Waals surface area contributed by atoms with E-state index < -0.39 is 17.7 Å². The third-order valence-corrected chi connectivity index (χ3v) is 4.94. The van der Waals surface area contributed by atoms with Crippen molar-refractivity contribution in [2.24, 2.45) is 5.41 Å². The van der Waals surface area contributed by atoms with Gasteiger partial charge in [-0.25, -0.2) is 8.78 Å². The average Bonchev–Trinajstić information content (AvgIpc) is 2.69. The maximum absolute atomic E-state index is 13.8. The second-order valence-electron chi connectivity index (χ2n) is 7.78. The Morgan fingerprint density at radius 2 is 1.65 bits per heavy atom. The quantitative estimate of drug-likeness (QED) is 0.741. The summed E-state index contributed by atoms with van der Waals surface area (Å²) in [5, 5.41) is 6.70. The van der Waals surface area contributed by atoms with Gasteiger partial charge in [-0.05, 0) is 41.7 Å². The average molecular weight is 354 g/mol. The summed E-state index contributed by atoms with van der Waals surface area (Å²) >= 11 is 0. The summed E-state index contributed by atoms with van der Waals surface area (Å²) in [6.07, 6.45) is 1.10. The largest absolute Gasteiger partial charge is 0.372 e. The predicted molar refractivity (Wildman–Crippen MR) is 97.8 cm³/mol. The van der Waals surface area contributed by atoms with Crippen molar-refractivity contribution < 1.29 is 13.6 Å². The van der Waals surface area contributed by atoms with Crippen LogP contribution in [0, 0.1) is 17.0 Å². The lowest BCUT2D eigenvalue weighted by Crippen LogP contribution is -2.31. The summed E-state index contributed by atoms with van der Waals surface area (Å²) in [4.78, 5) is 13.0. The SMILES string of the molecule is CC1(C)CC(=O)C2=C(C1)Nc1ccccc1N[C@H]2c1cc(F)cc(F)c1. The Morgan fingerprint density at radius 3 is 2.35 bits per heavy atom. The number of hydrogen-bond donors (Lipinski definition) is 2. The molecule has 0 amide bonds. The van der Waals surface area contributed by atoms with Gasteiger partial charge in [0, 0.05) is 23.8 Å². The van der Waals surface area contributed by atoms with E-state index in [1.165, 1.54) is 12.1 Å². The van der Waals surface area contributed by atoms with Crippen LogP contribution < -0.4 is 10.6 Å². The van der Waals surface area contributed by atoms with Crippen LogP contribution in [0.1, 0.15) is 38.3 Å². The van der Waals surface area contributed by atoms with E-state index in [-0.39, 0.29) is 11.2 Å². The number of halogens is 2. The summed E-state index contributed by atoms with van der Waals surface area (Å²) in [7, 11) is 0. The molecule has 0 unspecified atom stereocenters. The van der Waals surface area contributed by atoms with Gasteiger partial charge in [0.1, 0.15) is 11.6 Å². The maximum atomic E-state index is 13.8. The number of para-hydroxylation sites is 2. The molecule has 2 aromatic carbocycles. The van der Waals surface area contributed by atoms with E-state index in [1.54, 1.807) is 0 Å². The van der Waals surface area contributed by atoms with Gasteiger partial charge in [-0.3, -0.25) is 4.79 Å². The molecule has 2 N–H and O–H groups in total. The van der Waals surface area contributed by atoms with E-state index in [9.17, 15) is 13.6 Å². The van der Waals surface area contributed by atoms with Gasteiger partial charge in [0.15, 0.2) is 5.78 Å². The van der Waals surface area contributed by atoms with E-state index in [4.69, 9.17) is 0 Å². The van der Waals surface area contributed by atoms with E-state index in [0.717, 1.165) is 23.1 Å². The number of Topliss-reactive ketones (excluding diaryl/α,β-unsaturated/α-hetero) is 1. The Bertz CT molecular complexity index is 913. The number of carbonyl (C=O) groups excluding carboxylic acids is 1. The van der Waals surface area contributed by atoms with Crippen LogP contribution in [0.4, 0.5) is 20.2 Å². The van der Waals surface area contributed by atoms with Crippen LogP contribution in [0.5, 0.6) is 0 Å². The highest BCUT2D eigenvalue weighted by molar-refractivity contribution is 6.01. The van der Waals surface area contributed by atoms with Crippen LogP contribution in [-0.2, 0) is 4.79 Å². The molecule has 1 heterocycles. The fourth-order valence-electron chi connectivity index (χ4n) is 3.88. The molecule has 0 bridgehead atoms. The van der Waals surface area contributed by atoms with E-state index >= 15 is 0 Å². The first-order chi connectivity index (χ1) is 12.3. The monoisotopic (exact) mass is 354 g/mol. The highest BCUT2D eigenvalue weighted by Gasteiger charge is 2.38. The predicted octanol–water partition coefficient (Wildman–Crippen LogP) is 5.19. The molecule has 134 valence electrons. The number of fused-ring (bicyclic) bond motifs is 1. The van der Waals surface area contributed by atoms with E-state index in [1.807, 2.05) is 24.3 Å². The zero-order valence-electron chi connectivity index (χ0n) is 14.7. The highest BCUT2D eigenvalue weighted by atomic mass is 19.1. The van der Waals surface area contributed by atoms with Gasteiger partial charge in [0.25, 0.3) is 0 Å². The molecule has 2 aromatic rings. The van der Waals surface area contributed by atoms with Crippen molar-refractivity contribution in [2.75, 3.05) is 10.6 Å². The molecule has 3 nitrogen and oxygen atoms in total.